The predicted octanol–water partition coefficient (Wildman–Crippen LogP) is 3.61. The summed E-state index contributed by atoms with van der Waals surface area (Å²) in [5.41, 5.74) is 3.79. The maximum atomic E-state index is 12.7. The molecule has 0 radical (unpaired) electrons. The average Bonchev–Trinajstić information content (AvgIpc) is 2.77. The van der Waals surface area contributed by atoms with Crippen molar-refractivity contribution in [2.24, 2.45) is 5.92 Å². The quantitative estimate of drug-likeness (QED) is 0.708. The van der Waals surface area contributed by atoms with Gasteiger partial charge in [0, 0.05) is 23.4 Å². The Morgan fingerprint density at radius 2 is 1.71 bits per heavy atom. The van der Waals surface area contributed by atoms with E-state index in [1.165, 1.54) is 0 Å². The zero-order chi connectivity index (χ0) is 22.4. The van der Waals surface area contributed by atoms with Gasteiger partial charge in [0.05, 0.1) is 20.8 Å². The number of benzene rings is 2. The standard InChI is InChI=1S/C24H31N3O4/c1-16-6-5-7-20(17(16)2)26-24(29)18-10-12-27(13-11-18)15-23(28)25-19-8-9-21(30-3)22(14-19)31-4/h5-9,14,18H,10-13,15H2,1-4H3,(H,25,28)(H,26,29). The van der Waals surface area contributed by atoms with Crippen LogP contribution in [0.5, 0.6) is 11.5 Å². The first-order valence-electron chi connectivity index (χ1n) is 10.5. The van der Waals surface area contributed by atoms with Gasteiger partial charge in [0.2, 0.25) is 11.8 Å². The SMILES string of the molecule is COc1ccc(NC(=O)CN2CCC(C(=O)Nc3cccc(C)c3C)CC2)cc1OC. The van der Waals surface area contributed by atoms with Gasteiger partial charge in [-0.05, 0) is 69.1 Å². The molecule has 0 unspecified atom stereocenters. The van der Waals surface area contributed by atoms with Gasteiger partial charge in [0.25, 0.3) is 0 Å². The number of likely N-dealkylation sites (tertiary alicyclic amines) is 1. The Hall–Kier alpha value is -3.06. The molecule has 3 rings (SSSR count). The first-order chi connectivity index (χ1) is 14.9. The van der Waals surface area contributed by atoms with E-state index in [1.807, 2.05) is 32.0 Å². The third kappa shape index (κ3) is 5.76. The van der Waals surface area contributed by atoms with Crippen molar-refractivity contribution in [3.63, 3.8) is 0 Å². The normalized spacial score (nSPS) is 14.7. The minimum Gasteiger partial charge on any atom is -0.493 e. The van der Waals surface area contributed by atoms with Crippen molar-refractivity contribution < 1.29 is 19.1 Å². The van der Waals surface area contributed by atoms with Crippen LogP contribution in [0.25, 0.3) is 0 Å². The fourth-order valence-corrected chi connectivity index (χ4v) is 3.79. The number of anilines is 2. The summed E-state index contributed by atoms with van der Waals surface area (Å²) in [6, 6.07) is 11.2. The van der Waals surface area contributed by atoms with Crippen LogP contribution >= 0.6 is 0 Å². The van der Waals surface area contributed by atoms with Crippen LogP contribution in [0.3, 0.4) is 0 Å². The van der Waals surface area contributed by atoms with E-state index in [9.17, 15) is 9.59 Å². The summed E-state index contributed by atoms with van der Waals surface area (Å²) in [7, 11) is 3.13. The van der Waals surface area contributed by atoms with Crippen molar-refractivity contribution in [1.29, 1.82) is 0 Å². The van der Waals surface area contributed by atoms with Crippen molar-refractivity contribution in [2.45, 2.75) is 26.7 Å². The Bertz CT molecular complexity index is 936. The zero-order valence-corrected chi connectivity index (χ0v) is 18.7. The minimum absolute atomic E-state index is 0.0370. The molecule has 1 aliphatic rings. The van der Waals surface area contributed by atoms with E-state index in [4.69, 9.17) is 9.47 Å². The molecule has 7 nitrogen and oxygen atoms in total. The molecule has 1 fully saturated rings. The van der Waals surface area contributed by atoms with E-state index in [0.717, 1.165) is 29.7 Å². The van der Waals surface area contributed by atoms with Crippen LogP contribution in [-0.4, -0.2) is 50.6 Å². The predicted molar refractivity (Wildman–Crippen MR) is 122 cm³/mol. The molecule has 2 N–H and O–H groups in total. The summed E-state index contributed by atoms with van der Waals surface area (Å²) in [4.78, 5) is 27.2. The fourth-order valence-electron chi connectivity index (χ4n) is 3.79. The molecule has 7 heteroatoms. The summed E-state index contributed by atoms with van der Waals surface area (Å²) in [6.45, 7) is 5.77. The molecule has 0 spiro atoms. The van der Waals surface area contributed by atoms with Gasteiger partial charge in [-0.15, -0.1) is 0 Å². The number of carbonyl (C=O) groups is 2. The molecule has 0 saturated carbocycles. The first kappa shape index (κ1) is 22.6. The highest BCUT2D eigenvalue weighted by molar-refractivity contribution is 5.94. The van der Waals surface area contributed by atoms with Gasteiger partial charge in [-0.3, -0.25) is 14.5 Å². The van der Waals surface area contributed by atoms with Gasteiger partial charge < -0.3 is 20.1 Å². The van der Waals surface area contributed by atoms with Gasteiger partial charge >= 0.3 is 0 Å². The van der Waals surface area contributed by atoms with E-state index in [0.29, 0.717) is 36.8 Å². The second-order valence-corrected chi connectivity index (χ2v) is 7.91. The van der Waals surface area contributed by atoms with Crippen LogP contribution in [0.1, 0.15) is 24.0 Å². The van der Waals surface area contributed by atoms with E-state index in [1.54, 1.807) is 32.4 Å². The van der Waals surface area contributed by atoms with Gasteiger partial charge in [-0.1, -0.05) is 12.1 Å². The van der Waals surface area contributed by atoms with Crippen molar-refractivity contribution in [2.75, 3.05) is 44.5 Å². The summed E-state index contributed by atoms with van der Waals surface area (Å²) in [5.74, 6) is 1.11. The monoisotopic (exact) mass is 425 g/mol. The number of hydrogen-bond donors (Lipinski definition) is 2. The minimum atomic E-state index is -0.0921. The number of carbonyl (C=O) groups excluding carboxylic acids is 2. The lowest BCUT2D eigenvalue weighted by Gasteiger charge is -2.30. The molecule has 1 heterocycles. The molecule has 2 aromatic carbocycles. The van der Waals surface area contributed by atoms with Crippen molar-refractivity contribution in [3.8, 4) is 11.5 Å². The Labute approximate surface area is 183 Å². The van der Waals surface area contributed by atoms with Crippen LogP contribution in [0.2, 0.25) is 0 Å². The van der Waals surface area contributed by atoms with Crippen LogP contribution in [-0.2, 0) is 9.59 Å². The Morgan fingerprint density at radius 3 is 2.39 bits per heavy atom. The molecular weight excluding hydrogens is 394 g/mol. The number of rotatable bonds is 7. The number of hydrogen-bond acceptors (Lipinski definition) is 5. The zero-order valence-electron chi connectivity index (χ0n) is 18.7. The molecule has 2 aromatic rings. The maximum absolute atomic E-state index is 12.7. The Balaban J connectivity index is 1.48. The Morgan fingerprint density at radius 1 is 1.00 bits per heavy atom. The average molecular weight is 426 g/mol. The van der Waals surface area contributed by atoms with Crippen LogP contribution < -0.4 is 20.1 Å². The lowest BCUT2D eigenvalue weighted by molar-refractivity contribution is -0.121. The highest BCUT2D eigenvalue weighted by Crippen LogP contribution is 2.29. The fraction of sp³-hybridized carbons (Fsp3) is 0.417. The maximum Gasteiger partial charge on any atom is 0.238 e. The summed E-state index contributed by atoms with van der Waals surface area (Å²) in [5, 5.41) is 5.97. The molecule has 0 atom stereocenters. The van der Waals surface area contributed by atoms with Gasteiger partial charge in [-0.25, -0.2) is 0 Å². The molecule has 0 bridgehead atoms. The van der Waals surface area contributed by atoms with Gasteiger partial charge in [0.15, 0.2) is 11.5 Å². The van der Waals surface area contributed by atoms with Gasteiger partial charge in [-0.2, -0.15) is 0 Å². The molecule has 0 aromatic heterocycles. The number of aryl methyl sites for hydroxylation is 1. The third-order valence-corrected chi connectivity index (χ3v) is 5.86. The third-order valence-electron chi connectivity index (χ3n) is 5.86. The second-order valence-electron chi connectivity index (χ2n) is 7.91. The molecule has 31 heavy (non-hydrogen) atoms. The molecule has 2 amide bonds. The number of piperidine rings is 1. The number of ether oxygens (including phenoxy) is 2. The van der Waals surface area contributed by atoms with E-state index >= 15 is 0 Å². The van der Waals surface area contributed by atoms with E-state index < -0.39 is 0 Å². The van der Waals surface area contributed by atoms with Gasteiger partial charge in [0.1, 0.15) is 0 Å². The summed E-state index contributed by atoms with van der Waals surface area (Å²) < 4.78 is 10.5. The number of nitrogens with zero attached hydrogens (tertiary/aromatic N) is 1. The smallest absolute Gasteiger partial charge is 0.238 e. The highest BCUT2D eigenvalue weighted by Gasteiger charge is 2.26. The molecular formula is C24H31N3O4. The van der Waals surface area contributed by atoms with Crippen LogP contribution in [0.4, 0.5) is 11.4 Å². The first-order valence-corrected chi connectivity index (χ1v) is 10.5. The molecule has 1 saturated heterocycles. The number of nitrogens with one attached hydrogen (secondary N) is 2. The van der Waals surface area contributed by atoms with Crippen LogP contribution in [0, 0.1) is 19.8 Å². The highest BCUT2D eigenvalue weighted by atomic mass is 16.5. The van der Waals surface area contributed by atoms with Crippen molar-refractivity contribution in [3.05, 3.63) is 47.5 Å². The summed E-state index contributed by atoms with van der Waals surface area (Å²) in [6.07, 6.45) is 1.47. The second kappa shape index (κ2) is 10.3. The number of amides is 2. The lowest BCUT2D eigenvalue weighted by atomic mass is 9.95. The molecule has 0 aliphatic carbocycles. The largest absolute Gasteiger partial charge is 0.493 e. The lowest BCUT2D eigenvalue weighted by Crippen LogP contribution is -2.41. The van der Waals surface area contributed by atoms with Crippen LogP contribution in [0.15, 0.2) is 36.4 Å². The van der Waals surface area contributed by atoms with Crippen molar-refractivity contribution in [1.82, 2.24) is 4.90 Å². The molecule has 166 valence electrons. The number of methoxy groups -OCH3 is 2. The van der Waals surface area contributed by atoms with E-state index in [-0.39, 0.29) is 17.7 Å². The summed E-state index contributed by atoms with van der Waals surface area (Å²) >= 11 is 0. The van der Waals surface area contributed by atoms with E-state index in [2.05, 4.69) is 15.5 Å². The Kier molecular flexibility index (Phi) is 7.52. The topological polar surface area (TPSA) is 79.9 Å². The van der Waals surface area contributed by atoms with Crippen molar-refractivity contribution >= 4 is 23.2 Å². The molecule has 1 aliphatic heterocycles.